The molecule has 0 bridgehead atoms. The highest BCUT2D eigenvalue weighted by Crippen LogP contribution is 2.24. The van der Waals surface area contributed by atoms with E-state index in [0.29, 0.717) is 16.8 Å². The second kappa shape index (κ2) is 9.42. The van der Waals surface area contributed by atoms with Crippen LogP contribution in [0.25, 0.3) is 11.0 Å². The molecule has 3 heterocycles. The lowest BCUT2D eigenvalue weighted by atomic mass is 10.0. The lowest BCUT2D eigenvalue weighted by Crippen LogP contribution is -2.48. The second-order valence-corrected chi connectivity index (χ2v) is 7.61. The van der Waals surface area contributed by atoms with Crippen molar-refractivity contribution in [3.63, 3.8) is 0 Å². The fourth-order valence-corrected chi connectivity index (χ4v) is 3.64. The summed E-state index contributed by atoms with van der Waals surface area (Å²) in [7, 11) is 0. The van der Waals surface area contributed by atoms with Gasteiger partial charge in [-0.25, -0.2) is 4.68 Å². The minimum atomic E-state index is -0.838. The Morgan fingerprint density at radius 1 is 1.09 bits per heavy atom. The number of carbonyl (C=O) groups is 2. The number of para-hydroxylation sites is 1. The van der Waals surface area contributed by atoms with Crippen LogP contribution in [-0.2, 0) is 22.7 Å². The van der Waals surface area contributed by atoms with Crippen LogP contribution in [-0.4, -0.2) is 42.7 Å². The molecular weight excluding hydrogens is 408 g/mol. The van der Waals surface area contributed by atoms with Gasteiger partial charge >= 0.3 is 0 Å². The molecule has 2 amide bonds. The van der Waals surface area contributed by atoms with Gasteiger partial charge in [-0.2, -0.15) is 0 Å². The summed E-state index contributed by atoms with van der Waals surface area (Å²) in [5, 5.41) is 11.1. The average Bonchev–Trinajstić information content (AvgIpc) is 3.46. The number of aromatic nitrogens is 4. The standard InChI is InChI=1S/C23H24N6O3/c1-16(2)29(21(30)15-28-20-8-4-3-7-19(20)26-27-28)22(17-9-11-24-12-10-17)23(31)25-14-18-6-5-13-32-18/h3-13,16,22H,14-15H2,1-2H3,(H,25,31)/t22-/m0/s1. The van der Waals surface area contributed by atoms with Crippen molar-refractivity contribution in [3.05, 3.63) is 78.5 Å². The van der Waals surface area contributed by atoms with Crippen molar-refractivity contribution in [2.45, 2.75) is 39.0 Å². The van der Waals surface area contributed by atoms with Crippen LogP contribution in [0.1, 0.15) is 31.2 Å². The highest BCUT2D eigenvalue weighted by Gasteiger charge is 2.33. The van der Waals surface area contributed by atoms with Gasteiger partial charge in [0.25, 0.3) is 0 Å². The third-order valence-corrected chi connectivity index (χ3v) is 5.11. The first-order valence-corrected chi connectivity index (χ1v) is 10.3. The van der Waals surface area contributed by atoms with Crippen molar-refractivity contribution in [2.75, 3.05) is 0 Å². The van der Waals surface area contributed by atoms with Gasteiger partial charge in [0.15, 0.2) is 0 Å². The number of amides is 2. The van der Waals surface area contributed by atoms with E-state index in [9.17, 15) is 9.59 Å². The lowest BCUT2D eigenvalue weighted by Gasteiger charge is -2.34. The van der Waals surface area contributed by atoms with Crippen molar-refractivity contribution >= 4 is 22.8 Å². The summed E-state index contributed by atoms with van der Waals surface area (Å²) in [6.07, 6.45) is 4.76. The van der Waals surface area contributed by atoms with Crippen LogP contribution in [0.5, 0.6) is 0 Å². The normalized spacial score (nSPS) is 12.1. The Kier molecular flexibility index (Phi) is 6.25. The molecule has 0 radical (unpaired) electrons. The van der Waals surface area contributed by atoms with Crippen LogP contribution >= 0.6 is 0 Å². The lowest BCUT2D eigenvalue weighted by molar-refractivity contribution is -0.143. The number of benzene rings is 1. The van der Waals surface area contributed by atoms with Crippen LogP contribution in [0, 0.1) is 0 Å². The fraction of sp³-hybridized carbons (Fsp3) is 0.261. The zero-order chi connectivity index (χ0) is 22.5. The molecule has 0 aliphatic rings. The summed E-state index contributed by atoms with van der Waals surface area (Å²) in [6, 6.07) is 13.4. The summed E-state index contributed by atoms with van der Waals surface area (Å²) in [5.41, 5.74) is 2.13. The van der Waals surface area contributed by atoms with Crippen molar-refractivity contribution < 1.29 is 14.0 Å². The Morgan fingerprint density at radius 2 is 1.88 bits per heavy atom. The first kappa shape index (κ1) is 21.2. The number of furan rings is 1. The average molecular weight is 432 g/mol. The molecule has 164 valence electrons. The van der Waals surface area contributed by atoms with Gasteiger partial charge in [-0.05, 0) is 55.8 Å². The summed E-state index contributed by atoms with van der Waals surface area (Å²) in [6.45, 7) is 3.95. The zero-order valence-electron chi connectivity index (χ0n) is 17.9. The molecule has 9 nitrogen and oxygen atoms in total. The van der Waals surface area contributed by atoms with Gasteiger partial charge in [-0.1, -0.05) is 17.3 Å². The molecule has 1 N–H and O–H groups in total. The largest absolute Gasteiger partial charge is 0.467 e. The second-order valence-electron chi connectivity index (χ2n) is 7.61. The Labute approximate surface area is 185 Å². The Hall–Kier alpha value is -4.01. The Morgan fingerprint density at radius 3 is 2.59 bits per heavy atom. The number of nitrogens with one attached hydrogen (secondary N) is 1. The maximum absolute atomic E-state index is 13.5. The van der Waals surface area contributed by atoms with Crippen LogP contribution in [0.15, 0.2) is 71.6 Å². The fourth-order valence-electron chi connectivity index (χ4n) is 3.64. The van der Waals surface area contributed by atoms with Crippen LogP contribution in [0.3, 0.4) is 0 Å². The van der Waals surface area contributed by atoms with Gasteiger partial charge in [-0.3, -0.25) is 14.6 Å². The number of carbonyl (C=O) groups excluding carboxylic acids is 2. The molecule has 3 aromatic heterocycles. The number of fused-ring (bicyclic) bond motifs is 1. The first-order chi connectivity index (χ1) is 15.5. The number of pyridine rings is 1. The Balaban J connectivity index is 1.62. The van der Waals surface area contributed by atoms with E-state index in [4.69, 9.17) is 4.42 Å². The van der Waals surface area contributed by atoms with Gasteiger partial charge in [0.05, 0.1) is 18.3 Å². The van der Waals surface area contributed by atoms with Crippen molar-refractivity contribution in [3.8, 4) is 0 Å². The molecule has 0 aliphatic heterocycles. The number of nitrogens with zero attached hydrogens (tertiary/aromatic N) is 5. The highest BCUT2D eigenvalue weighted by atomic mass is 16.3. The third kappa shape index (κ3) is 4.51. The van der Waals surface area contributed by atoms with E-state index < -0.39 is 6.04 Å². The molecule has 0 unspecified atom stereocenters. The molecule has 0 fully saturated rings. The van der Waals surface area contributed by atoms with Crippen LogP contribution in [0.2, 0.25) is 0 Å². The number of hydrogen-bond acceptors (Lipinski definition) is 6. The number of hydrogen-bond donors (Lipinski definition) is 1. The molecule has 0 saturated heterocycles. The molecule has 0 saturated carbocycles. The van der Waals surface area contributed by atoms with Crippen LogP contribution in [0.4, 0.5) is 0 Å². The van der Waals surface area contributed by atoms with Crippen molar-refractivity contribution in [1.82, 2.24) is 30.2 Å². The minimum Gasteiger partial charge on any atom is -0.467 e. The summed E-state index contributed by atoms with van der Waals surface area (Å²) >= 11 is 0. The van der Waals surface area contributed by atoms with E-state index in [2.05, 4.69) is 20.6 Å². The molecule has 4 rings (SSSR count). The third-order valence-electron chi connectivity index (χ3n) is 5.11. The molecule has 1 atom stereocenters. The Bertz CT molecular complexity index is 1190. The monoisotopic (exact) mass is 432 g/mol. The topological polar surface area (TPSA) is 106 Å². The zero-order valence-corrected chi connectivity index (χ0v) is 17.9. The first-order valence-electron chi connectivity index (χ1n) is 10.3. The number of rotatable bonds is 8. The van der Waals surface area contributed by atoms with Crippen LogP contribution < -0.4 is 5.32 Å². The molecule has 0 aliphatic carbocycles. The van der Waals surface area contributed by atoms with E-state index >= 15 is 0 Å². The molecule has 32 heavy (non-hydrogen) atoms. The molecule has 9 heteroatoms. The van der Waals surface area contributed by atoms with E-state index in [1.807, 2.05) is 38.1 Å². The SMILES string of the molecule is CC(C)N(C(=O)Cn1nnc2ccccc21)[C@H](C(=O)NCc1ccco1)c1ccncc1. The van der Waals surface area contributed by atoms with Gasteiger partial charge in [-0.15, -0.1) is 5.10 Å². The summed E-state index contributed by atoms with van der Waals surface area (Å²) in [4.78, 5) is 32.4. The predicted octanol–water partition coefficient (Wildman–Crippen LogP) is 2.71. The highest BCUT2D eigenvalue weighted by molar-refractivity contribution is 5.89. The van der Waals surface area contributed by atoms with Crippen molar-refractivity contribution in [1.29, 1.82) is 0 Å². The van der Waals surface area contributed by atoms with Gasteiger partial charge in [0, 0.05) is 18.4 Å². The van der Waals surface area contributed by atoms with Crippen molar-refractivity contribution in [2.24, 2.45) is 0 Å². The quantitative estimate of drug-likeness (QED) is 0.459. The predicted molar refractivity (Wildman–Crippen MR) is 117 cm³/mol. The smallest absolute Gasteiger partial charge is 0.247 e. The van der Waals surface area contributed by atoms with E-state index in [1.54, 1.807) is 52.5 Å². The summed E-state index contributed by atoms with van der Waals surface area (Å²) < 4.78 is 6.86. The van der Waals surface area contributed by atoms with E-state index in [-0.39, 0.29) is 30.9 Å². The van der Waals surface area contributed by atoms with Gasteiger partial charge < -0.3 is 14.6 Å². The maximum atomic E-state index is 13.5. The van der Waals surface area contributed by atoms with E-state index in [1.165, 1.54) is 0 Å². The van der Waals surface area contributed by atoms with E-state index in [0.717, 1.165) is 5.52 Å². The molecule has 4 aromatic rings. The van der Waals surface area contributed by atoms with Gasteiger partial charge in [0.2, 0.25) is 11.8 Å². The van der Waals surface area contributed by atoms with Gasteiger partial charge in [0.1, 0.15) is 23.9 Å². The molecule has 1 aromatic carbocycles. The molecule has 0 spiro atoms. The molecular formula is C23H24N6O3. The minimum absolute atomic E-state index is 0.0360. The maximum Gasteiger partial charge on any atom is 0.247 e. The summed E-state index contributed by atoms with van der Waals surface area (Å²) in [5.74, 6) is 0.0760.